The van der Waals surface area contributed by atoms with Gasteiger partial charge >= 0.3 is 5.97 Å². The normalized spacial score (nSPS) is 31.5. The number of anilines is 1. The minimum Gasteiger partial charge on any atom is -0.452 e. The Morgan fingerprint density at radius 3 is 2.42 bits per heavy atom. The van der Waals surface area contributed by atoms with Crippen molar-refractivity contribution < 1.29 is 24.0 Å². The zero-order chi connectivity index (χ0) is 22.4. The number of carbonyl (C=O) groups excluding carboxylic acids is 3. The Bertz CT molecular complexity index is 931. The van der Waals surface area contributed by atoms with Gasteiger partial charge < -0.3 is 15.4 Å². The molecule has 4 aliphatic rings. The number of rotatable bonds is 6. The molecule has 4 saturated carbocycles. The molecule has 2 N–H and O–H groups in total. The monoisotopic (exact) mass is 429 g/mol. The van der Waals surface area contributed by atoms with Gasteiger partial charge in [-0.15, -0.1) is 0 Å². The Hall–Kier alpha value is -2.97. The molecule has 4 fully saturated rings. The second-order valence-electron chi connectivity index (χ2n) is 9.51. The van der Waals surface area contributed by atoms with Gasteiger partial charge in [-0.25, -0.2) is 0 Å². The average Bonchev–Trinajstić information content (AvgIpc) is 2.66. The number of hydrogen-bond acceptors (Lipinski definition) is 6. The SMILES string of the molecule is CC(=O)NC12C[C@H]3C[C@@H](C1)CC(C(=O)O[C@@H](C)C(=O)Nc1ccccc1[N+](=O)[O-])(C3)C2. The fourth-order valence-corrected chi connectivity index (χ4v) is 6.33. The summed E-state index contributed by atoms with van der Waals surface area (Å²) in [6.07, 6.45) is 3.67. The van der Waals surface area contributed by atoms with E-state index in [4.69, 9.17) is 4.74 Å². The van der Waals surface area contributed by atoms with Crippen LogP contribution in [-0.2, 0) is 19.1 Å². The molecule has 2 amide bonds. The molecule has 4 bridgehead atoms. The lowest BCUT2D eigenvalue weighted by atomic mass is 9.47. The molecule has 0 heterocycles. The van der Waals surface area contributed by atoms with E-state index in [-0.39, 0.29) is 22.8 Å². The van der Waals surface area contributed by atoms with E-state index in [9.17, 15) is 24.5 Å². The number of nitrogens with one attached hydrogen (secondary N) is 2. The number of carbonyl (C=O) groups is 3. The Morgan fingerprint density at radius 2 is 1.81 bits per heavy atom. The highest BCUT2D eigenvalue weighted by Crippen LogP contribution is 2.62. The first-order valence-corrected chi connectivity index (χ1v) is 10.7. The van der Waals surface area contributed by atoms with Gasteiger partial charge in [0, 0.05) is 18.5 Å². The summed E-state index contributed by atoms with van der Waals surface area (Å²) < 4.78 is 5.59. The molecular weight excluding hydrogens is 402 g/mol. The molecule has 2 unspecified atom stereocenters. The maximum absolute atomic E-state index is 13.2. The molecule has 31 heavy (non-hydrogen) atoms. The zero-order valence-electron chi connectivity index (χ0n) is 17.7. The van der Waals surface area contributed by atoms with Crippen molar-refractivity contribution in [2.75, 3.05) is 5.32 Å². The number of nitro groups is 1. The van der Waals surface area contributed by atoms with E-state index in [1.807, 2.05) is 0 Å². The first-order chi connectivity index (χ1) is 14.6. The summed E-state index contributed by atoms with van der Waals surface area (Å²) in [4.78, 5) is 48.2. The molecule has 0 saturated heterocycles. The highest BCUT2D eigenvalue weighted by atomic mass is 16.6. The predicted molar refractivity (Wildman–Crippen MR) is 111 cm³/mol. The molecule has 5 atom stereocenters. The summed E-state index contributed by atoms with van der Waals surface area (Å²) in [7, 11) is 0. The van der Waals surface area contributed by atoms with Crippen LogP contribution in [0.5, 0.6) is 0 Å². The zero-order valence-corrected chi connectivity index (χ0v) is 17.7. The third-order valence-corrected chi connectivity index (χ3v) is 6.95. The Labute approximate surface area is 180 Å². The van der Waals surface area contributed by atoms with Crippen LogP contribution in [0.4, 0.5) is 11.4 Å². The van der Waals surface area contributed by atoms with E-state index in [0.717, 1.165) is 19.3 Å². The number of para-hydroxylation sites is 2. The highest BCUT2D eigenvalue weighted by molar-refractivity contribution is 5.97. The van der Waals surface area contributed by atoms with Gasteiger partial charge in [-0.2, -0.15) is 0 Å². The van der Waals surface area contributed by atoms with E-state index < -0.39 is 28.3 Å². The lowest BCUT2D eigenvalue weighted by molar-refractivity contribution is -0.383. The largest absolute Gasteiger partial charge is 0.452 e. The topological polar surface area (TPSA) is 128 Å². The Morgan fingerprint density at radius 1 is 1.16 bits per heavy atom. The third-order valence-electron chi connectivity index (χ3n) is 6.95. The number of hydrogen-bond donors (Lipinski definition) is 2. The van der Waals surface area contributed by atoms with Crippen LogP contribution in [-0.4, -0.2) is 34.3 Å². The van der Waals surface area contributed by atoms with E-state index in [0.29, 0.717) is 31.1 Å². The lowest BCUT2D eigenvalue weighted by Crippen LogP contribution is -2.65. The van der Waals surface area contributed by atoms with Gasteiger partial charge in [0.2, 0.25) is 5.91 Å². The summed E-state index contributed by atoms with van der Waals surface area (Å²) in [6, 6.07) is 5.81. The predicted octanol–water partition coefficient (Wildman–Crippen LogP) is 2.94. The van der Waals surface area contributed by atoms with Gasteiger partial charge in [-0.1, -0.05) is 12.1 Å². The van der Waals surface area contributed by atoms with Crippen molar-refractivity contribution >= 4 is 29.2 Å². The van der Waals surface area contributed by atoms with Crippen molar-refractivity contribution in [1.82, 2.24) is 5.32 Å². The second-order valence-corrected chi connectivity index (χ2v) is 9.51. The molecule has 0 aliphatic heterocycles. The van der Waals surface area contributed by atoms with Crippen LogP contribution in [0.3, 0.4) is 0 Å². The number of benzene rings is 1. The van der Waals surface area contributed by atoms with Gasteiger partial charge in [0.1, 0.15) is 5.69 Å². The third kappa shape index (κ3) is 4.00. The van der Waals surface area contributed by atoms with Crippen molar-refractivity contribution in [2.45, 2.75) is 64.0 Å². The second kappa shape index (κ2) is 7.62. The molecule has 0 radical (unpaired) electrons. The fourth-order valence-electron chi connectivity index (χ4n) is 6.33. The Kier molecular flexibility index (Phi) is 5.23. The van der Waals surface area contributed by atoms with Crippen molar-refractivity contribution in [1.29, 1.82) is 0 Å². The van der Waals surface area contributed by atoms with E-state index in [2.05, 4.69) is 10.6 Å². The van der Waals surface area contributed by atoms with Crippen LogP contribution in [0.15, 0.2) is 24.3 Å². The standard InChI is InChI=1S/C22H27N3O6/c1-13(19(27)23-17-5-3-4-6-18(17)25(29)30)31-20(28)21-8-15-7-16(9-21)11-22(10-15,12-21)24-14(2)26/h3-6,13,15-16H,7-12H2,1-2H3,(H,23,27)(H,24,26)/t13-,15-,16+,21?,22?/m0/s1. The quantitative estimate of drug-likeness (QED) is 0.407. The first-order valence-electron chi connectivity index (χ1n) is 10.7. The van der Waals surface area contributed by atoms with Crippen molar-refractivity contribution in [3.05, 3.63) is 34.4 Å². The van der Waals surface area contributed by atoms with Crippen LogP contribution in [0.1, 0.15) is 52.4 Å². The summed E-state index contributed by atoms with van der Waals surface area (Å²) in [5.41, 5.74) is -1.24. The number of ether oxygens (including phenoxy) is 1. The number of nitro benzene ring substituents is 1. The van der Waals surface area contributed by atoms with Crippen LogP contribution < -0.4 is 10.6 Å². The van der Waals surface area contributed by atoms with Crippen molar-refractivity contribution in [3.63, 3.8) is 0 Å². The minimum absolute atomic E-state index is 0.0554. The Balaban J connectivity index is 1.46. The van der Waals surface area contributed by atoms with Gasteiger partial charge in [0.15, 0.2) is 6.10 Å². The number of nitrogens with zero attached hydrogens (tertiary/aromatic N) is 1. The summed E-state index contributed by atoms with van der Waals surface area (Å²) in [5, 5.41) is 16.7. The van der Waals surface area contributed by atoms with Crippen molar-refractivity contribution in [3.8, 4) is 0 Å². The van der Waals surface area contributed by atoms with E-state index in [1.165, 1.54) is 32.0 Å². The molecule has 9 nitrogen and oxygen atoms in total. The van der Waals surface area contributed by atoms with Gasteiger partial charge in [0.05, 0.1) is 10.3 Å². The van der Waals surface area contributed by atoms with Crippen LogP contribution in [0, 0.1) is 27.4 Å². The molecule has 1 aromatic rings. The smallest absolute Gasteiger partial charge is 0.312 e. The molecule has 9 heteroatoms. The molecule has 0 aromatic heterocycles. The molecule has 1 aromatic carbocycles. The maximum atomic E-state index is 13.2. The fraction of sp³-hybridized carbons (Fsp3) is 0.591. The minimum atomic E-state index is -1.10. The van der Waals surface area contributed by atoms with Gasteiger partial charge in [-0.3, -0.25) is 24.5 Å². The van der Waals surface area contributed by atoms with E-state index in [1.54, 1.807) is 6.07 Å². The van der Waals surface area contributed by atoms with Gasteiger partial charge in [0.25, 0.3) is 11.6 Å². The summed E-state index contributed by atoms with van der Waals surface area (Å²) in [6.45, 7) is 2.96. The van der Waals surface area contributed by atoms with Crippen molar-refractivity contribution in [2.24, 2.45) is 17.3 Å². The maximum Gasteiger partial charge on any atom is 0.312 e. The molecule has 5 rings (SSSR count). The first kappa shape index (κ1) is 21.3. The highest BCUT2D eigenvalue weighted by Gasteiger charge is 2.61. The average molecular weight is 429 g/mol. The molecule has 166 valence electrons. The van der Waals surface area contributed by atoms with Crippen LogP contribution >= 0.6 is 0 Å². The number of amides is 2. The molecular formula is C22H27N3O6. The lowest BCUT2D eigenvalue weighted by Gasteiger charge is -2.60. The number of esters is 1. The molecule has 4 aliphatic carbocycles. The van der Waals surface area contributed by atoms with E-state index >= 15 is 0 Å². The van der Waals surface area contributed by atoms with Crippen LogP contribution in [0.25, 0.3) is 0 Å². The summed E-state index contributed by atoms with van der Waals surface area (Å²) >= 11 is 0. The summed E-state index contributed by atoms with van der Waals surface area (Å²) in [5.74, 6) is -0.415. The van der Waals surface area contributed by atoms with Gasteiger partial charge in [-0.05, 0) is 63.4 Å². The van der Waals surface area contributed by atoms with Crippen LogP contribution in [0.2, 0.25) is 0 Å². The molecule has 0 spiro atoms.